The van der Waals surface area contributed by atoms with Crippen molar-refractivity contribution in [3.63, 3.8) is 0 Å². The predicted molar refractivity (Wildman–Crippen MR) is 73.4 cm³/mol. The summed E-state index contributed by atoms with van der Waals surface area (Å²) in [6.07, 6.45) is 2.87. The third-order valence-electron chi connectivity index (χ3n) is 3.00. The second-order valence-electron chi connectivity index (χ2n) is 4.42. The second-order valence-corrected chi connectivity index (χ2v) is 5.83. The summed E-state index contributed by atoms with van der Waals surface area (Å²) in [5.74, 6) is 1.28. The van der Waals surface area contributed by atoms with E-state index in [-0.39, 0.29) is 5.91 Å². The number of nitrogens with zero attached hydrogens (tertiary/aromatic N) is 1. The first kappa shape index (κ1) is 13.0. The largest absolute Gasteiger partial charge is 0.355 e. The van der Waals surface area contributed by atoms with E-state index in [1.165, 1.54) is 18.6 Å². The molecule has 18 heavy (non-hydrogen) atoms. The molecule has 0 radical (unpaired) electrons. The minimum absolute atomic E-state index is 0.0622. The molecule has 1 aliphatic heterocycles. The number of carbonyl (C=O) groups excluding carboxylic acids is 1. The Balaban J connectivity index is 1.77. The number of nitrogens with one attached hydrogen (secondary N) is 1. The molecule has 1 N–H and O–H groups in total. The van der Waals surface area contributed by atoms with Gasteiger partial charge >= 0.3 is 0 Å². The van der Waals surface area contributed by atoms with E-state index in [0.29, 0.717) is 17.2 Å². The molecule has 1 unspecified atom stereocenters. The van der Waals surface area contributed by atoms with Gasteiger partial charge in [-0.2, -0.15) is 17.0 Å². The van der Waals surface area contributed by atoms with E-state index in [1.807, 2.05) is 23.9 Å². The number of benzene rings is 1. The molecule has 0 spiro atoms. The zero-order valence-corrected chi connectivity index (χ0v) is 11.0. The molecule has 1 aliphatic rings. The molecule has 3 nitrogen and oxygen atoms in total. The Labute approximate surface area is 112 Å². The summed E-state index contributed by atoms with van der Waals surface area (Å²) in [6, 6.07) is 9.23. The maximum absolute atomic E-state index is 11.7. The van der Waals surface area contributed by atoms with Gasteiger partial charge in [0.1, 0.15) is 0 Å². The maximum Gasteiger partial charge on any atom is 0.224 e. The normalized spacial score (nSPS) is 18.3. The van der Waals surface area contributed by atoms with Crippen LogP contribution in [0.2, 0.25) is 0 Å². The van der Waals surface area contributed by atoms with Gasteiger partial charge in [0.2, 0.25) is 5.91 Å². The van der Waals surface area contributed by atoms with Crippen LogP contribution in [0.25, 0.3) is 0 Å². The van der Waals surface area contributed by atoms with Crippen molar-refractivity contribution in [1.82, 2.24) is 5.32 Å². The highest BCUT2D eigenvalue weighted by Gasteiger charge is 2.16. The number of rotatable bonds is 4. The van der Waals surface area contributed by atoms with E-state index in [9.17, 15) is 4.79 Å². The molecule has 94 valence electrons. The zero-order valence-electron chi connectivity index (χ0n) is 10.2. The van der Waals surface area contributed by atoms with Crippen molar-refractivity contribution < 1.29 is 4.79 Å². The van der Waals surface area contributed by atoms with Gasteiger partial charge in [0, 0.05) is 11.8 Å². The SMILES string of the molecule is N#Cc1ccc(CC(=O)NCC2CCCS2)cc1. The summed E-state index contributed by atoms with van der Waals surface area (Å²) in [7, 11) is 0. The molecule has 1 heterocycles. The highest BCUT2D eigenvalue weighted by molar-refractivity contribution is 8.00. The van der Waals surface area contributed by atoms with Gasteiger partial charge in [-0.05, 0) is 36.3 Å². The quantitative estimate of drug-likeness (QED) is 0.902. The molecule has 1 aromatic carbocycles. The van der Waals surface area contributed by atoms with Crippen LogP contribution in [0.5, 0.6) is 0 Å². The molecule has 1 amide bonds. The third kappa shape index (κ3) is 3.78. The Morgan fingerprint density at radius 1 is 1.44 bits per heavy atom. The molecule has 2 rings (SSSR count). The molecule has 4 heteroatoms. The van der Waals surface area contributed by atoms with Gasteiger partial charge in [0.15, 0.2) is 0 Å². The van der Waals surface area contributed by atoms with Gasteiger partial charge in [-0.25, -0.2) is 0 Å². The Hall–Kier alpha value is -1.47. The predicted octanol–water partition coefficient (Wildman–Crippen LogP) is 2.11. The average molecular weight is 260 g/mol. The van der Waals surface area contributed by atoms with Crippen molar-refractivity contribution in [1.29, 1.82) is 5.26 Å². The zero-order chi connectivity index (χ0) is 12.8. The van der Waals surface area contributed by atoms with Crippen LogP contribution in [0.15, 0.2) is 24.3 Å². The minimum Gasteiger partial charge on any atom is -0.355 e. The van der Waals surface area contributed by atoms with E-state index >= 15 is 0 Å². The number of hydrogen-bond acceptors (Lipinski definition) is 3. The standard InChI is InChI=1S/C14H16N2OS/c15-9-12-5-3-11(4-6-12)8-14(17)16-10-13-2-1-7-18-13/h3-6,13H,1-2,7-8,10H2,(H,16,17). The van der Waals surface area contributed by atoms with Crippen molar-refractivity contribution in [2.75, 3.05) is 12.3 Å². The van der Waals surface area contributed by atoms with Gasteiger partial charge in [-0.15, -0.1) is 0 Å². The second kappa shape index (κ2) is 6.46. The lowest BCUT2D eigenvalue weighted by molar-refractivity contribution is -0.120. The Morgan fingerprint density at radius 2 is 2.22 bits per heavy atom. The summed E-state index contributed by atoms with van der Waals surface area (Å²) in [4.78, 5) is 11.7. The van der Waals surface area contributed by atoms with E-state index in [2.05, 4.69) is 11.4 Å². The molecular weight excluding hydrogens is 244 g/mol. The summed E-state index contributed by atoms with van der Waals surface area (Å²) in [6.45, 7) is 0.778. The third-order valence-corrected chi connectivity index (χ3v) is 4.40. The van der Waals surface area contributed by atoms with Crippen LogP contribution in [0.3, 0.4) is 0 Å². The molecule has 0 saturated carbocycles. The molecular formula is C14H16N2OS. The monoisotopic (exact) mass is 260 g/mol. The molecule has 1 saturated heterocycles. The fourth-order valence-electron chi connectivity index (χ4n) is 1.98. The molecule has 0 aromatic heterocycles. The summed E-state index contributed by atoms with van der Waals surface area (Å²) >= 11 is 1.94. The molecule has 0 bridgehead atoms. The van der Waals surface area contributed by atoms with Gasteiger partial charge in [-0.1, -0.05) is 12.1 Å². The fraction of sp³-hybridized carbons (Fsp3) is 0.429. The average Bonchev–Trinajstić information content (AvgIpc) is 2.90. The first-order chi connectivity index (χ1) is 8.78. The van der Waals surface area contributed by atoms with E-state index in [1.54, 1.807) is 12.1 Å². The Kier molecular flexibility index (Phi) is 4.66. The van der Waals surface area contributed by atoms with Crippen LogP contribution < -0.4 is 5.32 Å². The van der Waals surface area contributed by atoms with Crippen LogP contribution >= 0.6 is 11.8 Å². The molecule has 1 aromatic rings. The number of hydrogen-bond donors (Lipinski definition) is 1. The Bertz CT molecular complexity index is 444. The lowest BCUT2D eigenvalue weighted by Crippen LogP contribution is -2.30. The van der Waals surface area contributed by atoms with Gasteiger partial charge in [0.05, 0.1) is 18.1 Å². The lowest BCUT2D eigenvalue weighted by Gasteiger charge is -2.10. The maximum atomic E-state index is 11.7. The molecule has 1 atom stereocenters. The van der Waals surface area contributed by atoms with Crippen LogP contribution in [0.4, 0.5) is 0 Å². The van der Waals surface area contributed by atoms with Gasteiger partial charge in [0.25, 0.3) is 0 Å². The van der Waals surface area contributed by atoms with Crippen molar-refractivity contribution in [3.05, 3.63) is 35.4 Å². The van der Waals surface area contributed by atoms with Crippen LogP contribution in [-0.2, 0) is 11.2 Å². The summed E-state index contributed by atoms with van der Waals surface area (Å²) < 4.78 is 0. The first-order valence-corrected chi connectivity index (χ1v) is 7.20. The van der Waals surface area contributed by atoms with Gasteiger partial charge < -0.3 is 5.32 Å². The highest BCUT2D eigenvalue weighted by Crippen LogP contribution is 2.25. The fourth-order valence-corrected chi connectivity index (χ4v) is 3.18. The van der Waals surface area contributed by atoms with Crippen molar-refractivity contribution in [2.45, 2.75) is 24.5 Å². The number of carbonyl (C=O) groups is 1. The smallest absolute Gasteiger partial charge is 0.224 e. The Morgan fingerprint density at radius 3 is 2.83 bits per heavy atom. The van der Waals surface area contributed by atoms with Crippen LogP contribution in [0.1, 0.15) is 24.0 Å². The number of amides is 1. The lowest BCUT2D eigenvalue weighted by atomic mass is 10.1. The minimum atomic E-state index is 0.0622. The number of thioether (sulfide) groups is 1. The van der Waals surface area contributed by atoms with E-state index in [0.717, 1.165) is 12.1 Å². The topological polar surface area (TPSA) is 52.9 Å². The van der Waals surface area contributed by atoms with Crippen molar-refractivity contribution in [3.8, 4) is 6.07 Å². The number of nitriles is 1. The highest BCUT2D eigenvalue weighted by atomic mass is 32.2. The molecule has 1 fully saturated rings. The first-order valence-electron chi connectivity index (χ1n) is 6.15. The molecule has 0 aliphatic carbocycles. The van der Waals surface area contributed by atoms with Crippen molar-refractivity contribution in [2.24, 2.45) is 0 Å². The van der Waals surface area contributed by atoms with Crippen LogP contribution in [-0.4, -0.2) is 23.5 Å². The van der Waals surface area contributed by atoms with Crippen molar-refractivity contribution >= 4 is 17.7 Å². The van der Waals surface area contributed by atoms with Gasteiger partial charge in [-0.3, -0.25) is 4.79 Å². The van der Waals surface area contributed by atoms with E-state index in [4.69, 9.17) is 5.26 Å². The summed E-state index contributed by atoms with van der Waals surface area (Å²) in [5, 5.41) is 12.3. The van der Waals surface area contributed by atoms with Crippen LogP contribution in [0, 0.1) is 11.3 Å². The summed E-state index contributed by atoms with van der Waals surface area (Å²) in [5.41, 5.74) is 1.58. The van der Waals surface area contributed by atoms with E-state index < -0.39 is 0 Å².